The minimum absolute atomic E-state index is 0.0583. The molecule has 1 aliphatic rings. The normalized spacial score (nSPS) is 20.2. The Kier molecular flexibility index (Phi) is 5.38. The number of nitrogens with one attached hydrogen (secondary N) is 1. The van der Waals surface area contributed by atoms with E-state index in [4.69, 9.17) is 21.9 Å². The number of nitrogens with zero attached hydrogens (tertiary/aromatic N) is 2. The molecule has 0 aromatic carbocycles. The van der Waals surface area contributed by atoms with E-state index in [2.05, 4.69) is 10.5 Å². The van der Waals surface area contributed by atoms with E-state index in [1.165, 1.54) is 16.2 Å². The number of carbonyl (C=O) groups is 2. The summed E-state index contributed by atoms with van der Waals surface area (Å²) in [4.78, 5) is 26.1. The zero-order valence-corrected chi connectivity index (χ0v) is 15.6. The Hall–Kier alpha value is -2.26. The molecule has 8 nitrogen and oxygen atoms in total. The minimum atomic E-state index is -0.929. The summed E-state index contributed by atoms with van der Waals surface area (Å²) in [6.07, 6.45) is 0.856. The van der Waals surface area contributed by atoms with Gasteiger partial charge in [0.2, 0.25) is 5.88 Å². The number of rotatable bonds is 4. The molecule has 10 heteroatoms. The highest BCUT2D eigenvalue weighted by Crippen LogP contribution is 2.34. The minimum Gasteiger partial charge on any atom is -0.465 e. The number of piperidine rings is 1. The molecule has 0 aliphatic carbocycles. The van der Waals surface area contributed by atoms with Gasteiger partial charge < -0.3 is 25.6 Å². The maximum absolute atomic E-state index is 12.8. The van der Waals surface area contributed by atoms with Crippen LogP contribution in [-0.4, -0.2) is 45.8 Å². The molecule has 2 aromatic rings. The van der Waals surface area contributed by atoms with Crippen molar-refractivity contribution in [3.05, 3.63) is 22.0 Å². The summed E-state index contributed by atoms with van der Waals surface area (Å²) in [5, 5.41) is 16.1. The predicted molar refractivity (Wildman–Crippen MR) is 98.5 cm³/mol. The monoisotopic (exact) mass is 398 g/mol. The smallest absolute Gasteiger partial charge is 0.407 e. The molecule has 2 atom stereocenters. The number of amides is 2. The Bertz CT molecular complexity index is 821. The summed E-state index contributed by atoms with van der Waals surface area (Å²) in [6.45, 7) is 2.31. The lowest BCUT2D eigenvalue weighted by molar-refractivity contribution is 0.0825. The van der Waals surface area contributed by atoms with Crippen molar-refractivity contribution in [3.63, 3.8) is 0 Å². The van der Waals surface area contributed by atoms with Crippen molar-refractivity contribution in [3.8, 4) is 10.6 Å². The summed E-state index contributed by atoms with van der Waals surface area (Å²) in [5.74, 6) is -0.441. The van der Waals surface area contributed by atoms with Gasteiger partial charge in [0, 0.05) is 18.6 Å². The lowest BCUT2D eigenvalue weighted by Crippen LogP contribution is -2.51. The van der Waals surface area contributed by atoms with Crippen molar-refractivity contribution in [2.75, 3.05) is 12.3 Å². The van der Waals surface area contributed by atoms with Crippen molar-refractivity contribution < 1.29 is 19.2 Å². The number of aromatic nitrogens is 1. The van der Waals surface area contributed by atoms with Crippen LogP contribution in [0.25, 0.3) is 10.6 Å². The van der Waals surface area contributed by atoms with Gasteiger partial charge in [-0.2, -0.15) is 0 Å². The Labute approximate surface area is 158 Å². The molecule has 1 fully saturated rings. The van der Waals surface area contributed by atoms with E-state index in [1.807, 2.05) is 6.92 Å². The average Bonchev–Trinajstić information content (AvgIpc) is 3.20. The summed E-state index contributed by atoms with van der Waals surface area (Å²) in [5.41, 5.74) is 6.33. The Morgan fingerprint density at radius 1 is 1.54 bits per heavy atom. The molecular formula is C16H19ClN4O4S. The van der Waals surface area contributed by atoms with E-state index in [0.29, 0.717) is 40.7 Å². The highest BCUT2D eigenvalue weighted by atomic mass is 35.5. The molecule has 26 heavy (non-hydrogen) atoms. The van der Waals surface area contributed by atoms with Gasteiger partial charge in [-0.3, -0.25) is 4.79 Å². The van der Waals surface area contributed by atoms with Gasteiger partial charge in [0.1, 0.15) is 11.3 Å². The van der Waals surface area contributed by atoms with Crippen LogP contribution < -0.4 is 11.1 Å². The van der Waals surface area contributed by atoms with Crippen LogP contribution in [0.1, 0.15) is 36.5 Å². The first-order chi connectivity index (χ1) is 12.4. The number of carbonyl (C=O) groups excluding carboxylic acids is 1. The first-order valence-electron chi connectivity index (χ1n) is 8.22. The third-order valence-corrected chi connectivity index (χ3v) is 5.76. The topological polar surface area (TPSA) is 122 Å². The Morgan fingerprint density at radius 3 is 2.92 bits per heavy atom. The van der Waals surface area contributed by atoms with Crippen LogP contribution in [0.3, 0.4) is 0 Å². The summed E-state index contributed by atoms with van der Waals surface area (Å²) in [6, 6.07) is 3.19. The molecule has 0 bridgehead atoms. The van der Waals surface area contributed by atoms with E-state index < -0.39 is 6.09 Å². The first kappa shape index (κ1) is 18.5. The van der Waals surface area contributed by atoms with Crippen molar-refractivity contribution in [1.29, 1.82) is 0 Å². The quantitative estimate of drug-likeness (QED) is 0.726. The number of nitrogen functional groups attached to an aromatic ring is 1. The molecule has 2 amide bonds. The number of nitrogens with two attached hydrogens (primary N) is 1. The fourth-order valence-electron chi connectivity index (χ4n) is 3.21. The summed E-state index contributed by atoms with van der Waals surface area (Å²) < 4.78 is 5.57. The number of carboxylic acid groups (broad SMARTS) is 1. The number of anilines is 1. The van der Waals surface area contributed by atoms with Gasteiger partial charge in [0.05, 0.1) is 9.21 Å². The molecule has 1 saturated heterocycles. The van der Waals surface area contributed by atoms with Crippen LogP contribution in [-0.2, 0) is 0 Å². The second kappa shape index (κ2) is 7.55. The van der Waals surface area contributed by atoms with Crippen LogP contribution in [0, 0.1) is 0 Å². The number of thiophene rings is 1. The van der Waals surface area contributed by atoms with E-state index in [1.54, 1.807) is 12.1 Å². The molecule has 0 saturated carbocycles. The lowest BCUT2D eigenvalue weighted by Gasteiger charge is -2.37. The lowest BCUT2D eigenvalue weighted by atomic mass is 9.95. The zero-order valence-electron chi connectivity index (χ0n) is 14.1. The molecule has 2 aromatic heterocycles. The van der Waals surface area contributed by atoms with Crippen LogP contribution in [0.15, 0.2) is 16.7 Å². The molecule has 3 rings (SSSR count). The SMILES string of the molecule is CCC1CC(NC(=O)c2c(-c3ccc(Cl)s3)noc2N)CCN1C(=O)O. The second-order valence-electron chi connectivity index (χ2n) is 6.11. The van der Waals surface area contributed by atoms with Crippen LogP contribution in [0.5, 0.6) is 0 Å². The van der Waals surface area contributed by atoms with Gasteiger partial charge in [-0.25, -0.2) is 4.79 Å². The van der Waals surface area contributed by atoms with Crippen molar-refractivity contribution in [2.24, 2.45) is 0 Å². The van der Waals surface area contributed by atoms with Gasteiger partial charge in [0.15, 0.2) is 0 Å². The molecule has 0 radical (unpaired) electrons. The van der Waals surface area contributed by atoms with Crippen molar-refractivity contribution in [2.45, 2.75) is 38.3 Å². The van der Waals surface area contributed by atoms with Gasteiger partial charge in [0.25, 0.3) is 5.91 Å². The maximum Gasteiger partial charge on any atom is 0.407 e. The summed E-state index contributed by atoms with van der Waals surface area (Å²) >= 11 is 7.23. The second-order valence-corrected chi connectivity index (χ2v) is 7.82. The van der Waals surface area contributed by atoms with Gasteiger partial charge >= 0.3 is 6.09 Å². The Balaban J connectivity index is 1.75. The average molecular weight is 399 g/mol. The highest BCUT2D eigenvalue weighted by Gasteiger charge is 2.32. The molecule has 0 spiro atoms. The fraction of sp³-hybridized carbons (Fsp3) is 0.438. The molecule has 4 N–H and O–H groups in total. The van der Waals surface area contributed by atoms with Crippen LogP contribution in [0.4, 0.5) is 10.7 Å². The van der Waals surface area contributed by atoms with Crippen molar-refractivity contribution in [1.82, 2.24) is 15.4 Å². The Morgan fingerprint density at radius 2 is 2.31 bits per heavy atom. The van der Waals surface area contributed by atoms with E-state index in [-0.39, 0.29) is 29.4 Å². The zero-order chi connectivity index (χ0) is 18.8. The van der Waals surface area contributed by atoms with Gasteiger partial charge in [-0.1, -0.05) is 23.7 Å². The molecule has 2 unspecified atom stereocenters. The molecular weight excluding hydrogens is 380 g/mol. The third-order valence-electron chi connectivity index (χ3n) is 4.52. The van der Waals surface area contributed by atoms with Crippen LogP contribution >= 0.6 is 22.9 Å². The fourth-order valence-corrected chi connectivity index (χ4v) is 4.24. The highest BCUT2D eigenvalue weighted by molar-refractivity contribution is 7.19. The number of hydrogen-bond donors (Lipinski definition) is 3. The van der Waals surface area contributed by atoms with Crippen LogP contribution in [0.2, 0.25) is 4.34 Å². The summed E-state index contributed by atoms with van der Waals surface area (Å²) in [7, 11) is 0. The predicted octanol–water partition coefficient (Wildman–Crippen LogP) is 3.29. The first-order valence-corrected chi connectivity index (χ1v) is 9.41. The number of likely N-dealkylation sites (tertiary alicyclic amines) is 1. The number of halogens is 1. The van der Waals surface area contributed by atoms with E-state index >= 15 is 0 Å². The van der Waals surface area contributed by atoms with Gasteiger partial charge in [-0.15, -0.1) is 11.3 Å². The molecule has 1 aliphatic heterocycles. The van der Waals surface area contributed by atoms with Gasteiger partial charge in [-0.05, 0) is 31.4 Å². The van der Waals surface area contributed by atoms with Crippen molar-refractivity contribution >= 4 is 40.8 Å². The number of hydrogen-bond acceptors (Lipinski definition) is 6. The molecule has 140 valence electrons. The van der Waals surface area contributed by atoms with E-state index in [9.17, 15) is 14.7 Å². The largest absolute Gasteiger partial charge is 0.465 e. The third kappa shape index (κ3) is 3.63. The standard InChI is InChI=1S/C16H19ClN4O4S/c1-2-9-7-8(5-6-21(9)16(23)24)19-15(22)12-13(20-25-14(12)18)10-3-4-11(17)26-10/h3-4,8-9H,2,5-7,18H2,1H3,(H,19,22)(H,23,24). The van der Waals surface area contributed by atoms with E-state index in [0.717, 1.165) is 0 Å². The molecule has 3 heterocycles. The maximum atomic E-state index is 12.8.